The molecule has 0 unspecified atom stereocenters. The molecular weight excluding hydrogens is 310 g/mol. The van der Waals surface area contributed by atoms with Crippen molar-refractivity contribution < 1.29 is 14.5 Å². The van der Waals surface area contributed by atoms with E-state index in [1.165, 1.54) is 24.3 Å². The topological polar surface area (TPSA) is 93.8 Å². The Morgan fingerprint density at radius 2 is 1.92 bits per heavy atom. The molecule has 1 N–H and O–H groups in total. The van der Waals surface area contributed by atoms with E-state index in [4.69, 9.17) is 4.74 Å². The molecule has 0 saturated heterocycles. The first-order valence-electron chi connectivity index (χ1n) is 7.33. The number of ether oxygens (including phenoxy) is 1. The lowest BCUT2D eigenvalue weighted by molar-refractivity contribution is -0.384. The Kier molecular flexibility index (Phi) is 5.62. The number of hydrogen-bond donors (Lipinski definition) is 1. The second kappa shape index (κ2) is 7.87. The highest BCUT2D eigenvalue weighted by Gasteiger charge is 2.11. The fourth-order valence-electron chi connectivity index (χ4n) is 1.98. The Hall–Kier alpha value is -3.22. The van der Waals surface area contributed by atoms with Crippen LogP contribution in [0.4, 0.5) is 5.69 Å². The maximum absolute atomic E-state index is 12.0. The molecule has 2 aromatic rings. The largest absolute Gasteiger partial charge is 0.494 e. The quantitative estimate of drug-likeness (QED) is 0.501. The number of carbonyl (C=O) groups excluding carboxylic acids is 1. The number of nitrogens with one attached hydrogen (secondary N) is 1. The molecule has 0 atom stereocenters. The van der Waals surface area contributed by atoms with Gasteiger partial charge < -0.3 is 4.74 Å². The summed E-state index contributed by atoms with van der Waals surface area (Å²) in [7, 11) is 0. The van der Waals surface area contributed by atoms with Crippen molar-refractivity contribution in [2.75, 3.05) is 6.61 Å². The minimum absolute atomic E-state index is 0.144. The molecule has 0 bridgehead atoms. The van der Waals surface area contributed by atoms with Gasteiger partial charge in [0, 0.05) is 17.7 Å². The van der Waals surface area contributed by atoms with Gasteiger partial charge in [-0.2, -0.15) is 5.10 Å². The van der Waals surface area contributed by atoms with Gasteiger partial charge in [-0.1, -0.05) is 6.07 Å². The van der Waals surface area contributed by atoms with Crippen LogP contribution in [-0.4, -0.2) is 23.1 Å². The lowest BCUT2D eigenvalue weighted by Crippen LogP contribution is -2.19. The molecule has 0 radical (unpaired) electrons. The Morgan fingerprint density at radius 1 is 1.21 bits per heavy atom. The average Bonchev–Trinajstić information content (AvgIpc) is 2.60. The van der Waals surface area contributed by atoms with Crippen LogP contribution < -0.4 is 10.2 Å². The first-order chi connectivity index (χ1) is 11.5. The summed E-state index contributed by atoms with van der Waals surface area (Å²) >= 11 is 0. The van der Waals surface area contributed by atoms with Crippen molar-refractivity contribution >= 4 is 17.3 Å². The number of benzene rings is 2. The fraction of sp³-hybridized carbons (Fsp3) is 0.176. The molecule has 0 fully saturated rings. The van der Waals surface area contributed by atoms with Gasteiger partial charge in [-0.25, -0.2) is 5.43 Å². The smallest absolute Gasteiger partial charge is 0.271 e. The summed E-state index contributed by atoms with van der Waals surface area (Å²) < 4.78 is 5.36. The number of hydrogen-bond acceptors (Lipinski definition) is 5. The van der Waals surface area contributed by atoms with Crippen molar-refractivity contribution in [3.63, 3.8) is 0 Å². The van der Waals surface area contributed by atoms with Gasteiger partial charge in [-0.15, -0.1) is 0 Å². The van der Waals surface area contributed by atoms with Crippen molar-refractivity contribution in [1.82, 2.24) is 5.43 Å². The zero-order valence-electron chi connectivity index (χ0n) is 13.4. The van der Waals surface area contributed by atoms with Crippen LogP contribution in [0.25, 0.3) is 0 Å². The minimum atomic E-state index is -0.550. The third kappa shape index (κ3) is 4.39. The zero-order valence-corrected chi connectivity index (χ0v) is 13.4. The zero-order chi connectivity index (χ0) is 17.5. The molecule has 0 spiro atoms. The third-order valence-electron chi connectivity index (χ3n) is 3.23. The number of amides is 1. The van der Waals surface area contributed by atoms with E-state index in [2.05, 4.69) is 10.5 Å². The molecule has 2 rings (SSSR count). The van der Waals surface area contributed by atoms with Gasteiger partial charge in [-0.05, 0) is 49.7 Å². The normalized spacial score (nSPS) is 11.0. The predicted molar refractivity (Wildman–Crippen MR) is 90.4 cm³/mol. The summed E-state index contributed by atoms with van der Waals surface area (Å²) in [5.74, 6) is 0.249. The lowest BCUT2D eigenvalue weighted by Gasteiger charge is -2.05. The number of nitro groups is 1. The maximum Gasteiger partial charge on any atom is 0.271 e. The Labute approximate surface area is 139 Å². The summed E-state index contributed by atoms with van der Waals surface area (Å²) in [5, 5.41) is 14.8. The number of hydrazone groups is 1. The second-order valence-electron chi connectivity index (χ2n) is 4.90. The average molecular weight is 327 g/mol. The molecule has 0 saturated carbocycles. The van der Waals surface area contributed by atoms with Crippen LogP contribution in [0.2, 0.25) is 0 Å². The van der Waals surface area contributed by atoms with Crippen LogP contribution in [0.3, 0.4) is 0 Å². The Morgan fingerprint density at radius 3 is 2.54 bits per heavy atom. The van der Waals surface area contributed by atoms with Gasteiger partial charge in [-0.3, -0.25) is 14.9 Å². The van der Waals surface area contributed by atoms with Crippen molar-refractivity contribution in [3.05, 3.63) is 69.8 Å². The van der Waals surface area contributed by atoms with E-state index in [1.807, 2.05) is 31.2 Å². The van der Waals surface area contributed by atoms with Crippen LogP contribution in [-0.2, 0) is 0 Å². The van der Waals surface area contributed by atoms with Crippen LogP contribution >= 0.6 is 0 Å². The lowest BCUT2D eigenvalue weighted by atomic mass is 10.1. The van der Waals surface area contributed by atoms with E-state index in [-0.39, 0.29) is 11.3 Å². The van der Waals surface area contributed by atoms with Crippen LogP contribution in [0.5, 0.6) is 5.75 Å². The van der Waals surface area contributed by atoms with Gasteiger partial charge in [0.05, 0.1) is 17.2 Å². The molecule has 0 aliphatic rings. The van der Waals surface area contributed by atoms with Crippen molar-refractivity contribution in [2.24, 2.45) is 5.10 Å². The van der Waals surface area contributed by atoms with E-state index in [0.717, 1.165) is 11.3 Å². The molecule has 7 heteroatoms. The van der Waals surface area contributed by atoms with Crippen LogP contribution in [0.15, 0.2) is 53.6 Å². The minimum Gasteiger partial charge on any atom is -0.494 e. The molecule has 124 valence electrons. The fourth-order valence-corrected chi connectivity index (χ4v) is 1.98. The molecule has 2 aromatic carbocycles. The summed E-state index contributed by atoms with van der Waals surface area (Å²) in [6.45, 7) is 4.25. The van der Waals surface area contributed by atoms with Crippen molar-refractivity contribution in [3.8, 4) is 5.75 Å². The molecule has 1 amide bonds. The SMILES string of the molecule is CCOc1ccc(C(C)=NNC(=O)c2cccc([N+](=O)[O-])c2)cc1. The summed E-state index contributed by atoms with van der Waals surface area (Å²) in [4.78, 5) is 22.2. The van der Waals surface area contributed by atoms with Crippen molar-refractivity contribution in [1.29, 1.82) is 0 Å². The number of nitrogens with zero attached hydrogens (tertiary/aromatic N) is 2. The van der Waals surface area contributed by atoms with Gasteiger partial charge in [0.2, 0.25) is 0 Å². The molecule has 0 aliphatic carbocycles. The predicted octanol–water partition coefficient (Wildman–Crippen LogP) is 3.15. The number of carbonyl (C=O) groups is 1. The number of nitro benzene ring substituents is 1. The molecule has 0 aliphatic heterocycles. The Balaban J connectivity index is 2.07. The van der Waals surface area contributed by atoms with Gasteiger partial charge in [0.25, 0.3) is 11.6 Å². The number of rotatable bonds is 6. The van der Waals surface area contributed by atoms with Gasteiger partial charge in [0.15, 0.2) is 0 Å². The summed E-state index contributed by atoms with van der Waals surface area (Å²) in [6.07, 6.45) is 0. The first-order valence-corrected chi connectivity index (χ1v) is 7.33. The second-order valence-corrected chi connectivity index (χ2v) is 4.90. The monoisotopic (exact) mass is 327 g/mol. The molecule has 24 heavy (non-hydrogen) atoms. The number of non-ortho nitro benzene ring substituents is 1. The third-order valence-corrected chi connectivity index (χ3v) is 3.23. The molecule has 0 heterocycles. The highest BCUT2D eigenvalue weighted by Crippen LogP contribution is 2.14. The highest BCUT2D eigenvalue weighted by molar-refractivity contribution is 6.01. The molecule has 7 nitrogen and oxygen atoms in total. The summed E-state index contributed by atoms with van der Waals surface area (Å²) in [6, 6.07) is 12.8. The Bertz CT molecular complexity index is 770. The standard InChI is InChI=1S/C17H17N3O4/c1-3-24-16-9-7-13(8-10-16)12(2)18-19-17(21)14-5-4-6-15(11-14)20(22)23/h4-11H,3H2,1-2H3,(H,19,21). The van der Waals surface area contributed by atoms with Crippen molar-refractivity contribution in [2.45, 2.75) is 13.8 Å². The van der Waals surface area contributed by atoms with E-state index < -0.39 is 10.8 Å². The van der Waals surface area contributed by atoms with E-state index in [1.54, 1.807) is 6.92 Å². The van der Waals surface area contributed by atoms with Gasteiger partial charge in [0.1, 0.15) is 5.75 Å². The molecule has 0 aromatic heterocycles. The maximum atomic E-state index is 12.0. The van der Waals surface area contributed by atoms with E-state index in [0.29, 0.717) is 12.3 Å². The van der Waals surface area contributed by atoms with Gasteiger partial charge >= 0.3 is 0 Å². The highest BCUT2D eigenvalue weighted by atomic mass is 16.6. The van der Waals surface area contributed by atoms with Crippen LogP contribution in [0.1, 0.15) is 29.8 Å². The van der Waals surface area contributed by atoms with E-state index >= 15 is 0 Å². The van der Waals surface area contributed by atoms with Crippen LogP contribution in [0, 0.1) is 10.1 Å². The first kappa shape index (κ1) is 17.1. The molecular formula is C17H17N3O4. The summed E-state index contributed by atoms with van der Waals surface area (Å²) in [5.41, 5.74) is 3.87. The van der Waals surface area contributed by atoms with E-state index in [9.17, 15) is 14.9 Å².